The van der Waals surface area contributed by atoms with Gasteiger partial charge in [-0.1, -0.05) is 52.4 Å². The van der Waals surface area contributed by atoms with Crippen LogP contribution >= 0.6 is 0 Å². The number of carbonyl (C=O) groups is 2. The molecule has 6 N–H and O–H groups in total. The van der Waals surface area contributed by atoms with Crippen LogP contribution in [0.4, 0.5) is 0 Å². The van der Waals surface area contributed by atoms with Crippen molar-refractivity contribution in [2.75, 3.05) is 26.4 Å². The Labute approximate surface area is 175 Å². The third kappa shape index (κ3) is 38.1. The SMILES string of the molecule is CC(C)(CO)CO.O=C(O)CCCCCCCCC(=O)O.OCCCCCCO. The zero-order chi connectivity index (χ0) is 23.0. The first kappa shape index (κ1) is 32.4. The van der Waals surface area contributed by atoms with Gasteiger partial charge in [0.15, 0.2) is 0 Å². The zero-order valence-corrected chi connectivity index (χ0v) is 18.3. The molecule has 29 heavy (non-hydrogen) atoms. The van der Waals surface area contributed by atoms with Crippen LogP contribution in [0.25, 0.3) is 0 Å². The Kier molecular flexibility index (Phi) is 27.8. The maximum atomic E-state index is 10.1. The van der Waals surface area contributed by atoms with Crippen LogP contribution in [0.15, 0.2) is 0 Å². The summed E-state index contributed by atoms with van der Waals surface area (Å²) in [4.78, 5) is 20.3. The summed E-state index contributed by atoms with van der Waals surface area (Å²) in [6.45, 7) is 4.25. The quantitative estimate of drug-likeness (QED) is 0.207. The van der Waals surface area contributed by atoms with Gasteiger partial charge in [0.1, 0.15) is 0 Å². The summed E-state index contributed by atoms with van der Waals surface area (Å²) in [5.41, 5.74) is -0.306. The van der Waals surface area contributed by atoms with Crippen LogP contribution in [-0.2, 0) is 9.59 Å². The number of carboxylic acids is 2. The molecule has 176 valence electrons. The molecule has 0 aromatic carbocycles. The van der Waals surface area contributed by atoms with Gasteiger partial charge in [-0.05, 0) is 25.7 Å². The summed E-state index contributed by atoms with van der Waals surface area (Å²) in [7, 11) is 0. The van der Waals surface area contributed by atoms with Crippen LogP contribution in [0.1, 0.15) is 90.9 Å². The molecule has 0 spiro atoms. The Morgan fingerprint density at radius 2 is 0.828 bits per heavy atom. The van der Waals surface area contributed by atoms with E-state index >= 15 is 0 Å². The fraction of sp³-hybridized carbons (Fsp3) is 0.905. The number of aliphatic hydroxyl groups excluding tert-OH is 4. The first-order valence-corrected chi connectivity index (χ1v) is 10.5. The monoisotopic (exact) mass is 424 g/mol. The van der Waals surface area contributed by atoms with E-state index in [1.165, 1.54) is 0 Å². The zero-order valence-electron chi connectivity index (χ0n) is 18.3. The highest BCUT2D eigenvalue weighted by molar-refractivity contribution is 5.66. The summed E-state index contributed by atoms with van der Waals surface area (Å²) in [5.74, 6) is -1.48. The molecule has 0 aliphatic heterocycles. The van der Waals surface area contributed by atoms with Crippen LogP contribution in [0.5, 0.6) is 0 Å². The Morgan fingerprint density at radius 3 is 1.03 bits per heavy atom. The molecule has 0 fully saturated rings. The number of aliphatic hydroxyl groups is 4. The standard InChI is InChI=1S/C10H18O4.C6H14O2.C5H12O2/c11-9(12)7-5-3-1-2-4-6-8-10(13)14;7-5-3-1-2-4-6-8;1-5(2,3-6)4-7/h1-8H2,(H,11,12)(H,13,14);7-8H,1-6H2;6-7H,3-4H2,1-2H3. The number of aliphatic carboxylic acids is 2. The number of carboxylic acid groups (broad SMARTS) is 2. The van der Waals surface area contributed by atoms with E-state index < -0.39 is 11.9 Å². The van der Waals surface area contributed by atoms with Crippen molar-refractivity contribution in [1.82, 2.24) is 0 Å². The van der Waals surface area contributed by atoms with Crippen LogP contribution in [0.3, 0.4) is 0 Å². The second-order valence-corrected chi connectivity index (χ2v) is 7.75. The minimum absolute atomic E-state index is 0.0451. The summed E-state index contributed by atoms with van der Waals surface area (Å²) in [6.07, 6.45) is 9.65. The lowest BCUT2D eigenvalue weighted by atomic mass is 9.97. The number of hydrogen-bond donors (Lipinski definition) is 6. The predicted molar refractivity (Wildman–Crippen MR) is 113 cm³/mol. The first-order chi connectivity index (χ1) is 13.7. The molecule has 0 aromatic rings. The molecule has 0 bridgehead atoms. The van der Waals surface area contributed by atoms with Gasteiger partial charge in [-0.25, -0.2) is 0 Å². The van der Waals surface area contributed by atoms with E-state index in [9.17, 15) is 9.59 Å². The lowest BCUT2D eigenvalue weighted by Gasteiger charge is -2.16. The molecule has 0 radical (unpaired) electrons. The van der Waals surface area contributed by atoms with E-state index in [4.69, 9.17) is 30.6 Å². The minimum atomic E-state index is -0.740. The van der Waals surface area contributed by atoms with E-state index in [1.807, 2.05) is 0 Å². The molecule has 0 saturated heterocycles. The summed E-state index contributed by atoms with van der Waals surface area (Å²) in [6, 6.07) is 0. The molecule has 0 atom stereocenters. The molecule has 0 saturated carbocycles. The van der Waals surface area contributed by atoms with Crippen LogP contribution < -0.4 is 0 Å². The Hall–Kier alpha value is -1.22. The van der Waals surface area contributed by atoms with E-state index in [2.05, 4.69) is 0 Å². The highest BCUT2D eigenvalue weighted by atomic mass is 16.4. The van der Waals surface area contributed by atoms with Gasteiger partial charge >= 0.3 is 11.9 Å². The number of unbranched alkanes of at least 4 members (excludes halogenated alkanes) is 8. The van der Waals surface area contributed by atoms with Gasteiger partial charge in [-0.3, -0.25) is 9.59 Å². The number of rotatable bonds is 16. The van der Waals surface area contributed by atoms with Crippen molar-refractivity contribution in [3.63, 3.8) is 0 Å². The molecule has 0 aliphatic carbocycles. The molecular formula is C21H44O8. The van der Waals surface area contributed by atoms with Gasteiger partial charge in [0, 0.05) is 31.5 Å². The van der Waals surface area contributed by atoms with E-state index in [-0.39, 0.29) is 44.7 Å². The normalized spacial score (nSPS) is 10.4. The highest BCUT2D eigenvalue weighted by Crippen LogP contribution is 2.10. The molecule has 8 heteroatoms. The first-order valence-electron chi connectivity index (χ1n) is 10.5. The second-order valence-electron chi connectivity index (χ2n) is 7.75. The smallest absolute Gasteiger partial charge is 0.303 e. The van der Waals surface area contributed by atoms with Gasteiger partial charge in [-0.15, -0.1) is 0 Å². The van der Waals surface area contributed by atoms with Crippen molar-refractivity contribution >= 4 is 11.9 Å². The predicted octanol–water partition coefficient (Wildman–Crippen LogP) is 2.81. The Bertz CT molecular complexity index is 327. The van der Waals surface area contributed by atoms with Gasteiger partial charge in [0.05, 0.1) is 13.2 Å². The lowest BCUT2D eigenvalue weighted by molar-refractivity contribution is -0.138. The second kappa shape index (κ2) is 24.8. The summed E-state index contributed by atoms with van der Waals surface area (Å²) >= 11 is 0. The third-order valence-electron chi connectivity index (χ3n) is 3.95. The summed E-state index contributed by atoms with van der Waals surface area (Å²) in [5, 5.41) is 50.2. The number of hydrogen-bond acceptors (Lipinski definition) is 6. The molecule has 0 unspecified atom stereocenters. The Balaban J connectivity index is -0.000000383. The van der Waals surface area contributed by atoms with Gasteiger partial charge in [-0.2, -0.15) is 0 Å². The molecule has 0 aliphatic rings. The molecule has 0 rings (SSSR count). The largest absolute Gasteiger partial charge is 0.481 e. The van der Waals surface area contributed by atoms with Crippen molar-refractivity contribution in [3.8, 4) is 0 Å². The van der Waals surface area contributed by atoms with Gasteiger partial charge in [0.25, 0.3) is 0 Å². The van der Waals surface area contributed by atoms with Crippen molar-refractivity contribution in [1.29, 1.82) is 0 Å². The summed E-state index contributed by atoms with van der Waals surface area (Å²) < 4.78 is 0. The molecule has 0 amide bonds. The average molecular weight is 425 g/mol. The fourth-order valence-corrected chi connectivity index (χ4v) is 1.89. The Morgan fingerprint density at radius 1 is 0.552 bits per heavy atom. The van der Waals surface area contributed by atoms with E-state index in [0.717, 1.165) is 64.2 Å². The minimum Gasteiger partial charge on any atom is -0.481 e. The maximum absolute atomic E-state index is 10.1. The van der Waals surface area contributed by atoms with Crippen LogP contribution in [0, 0.1) is 5.41 Å². The van der Waals surface area contributed by atoms with E-state index in [1.54, 1.807) is 13.8 Å². The fourth-order valence-electron chi connectivity index (χ4n) is 1.89. The van der Waals surface area contributed by atoms with Gasteiger partial charge in [0.2, 0.25) is 0 Å². The maximum Gasteiger partial charge on any atom is 0.303 e. The molecule has 0 aromatic heterocycles. The van der Waals surface area contributed by atoms with Crippen molar-refractivity contribution in [3.05, 3.63) is 0 Å². The van der Waals surface area contributed by atoms with E-state index in [0.29, 0.717) is 0 Å². The van der Waals surface area contributed by atoms with Crippen molar-refractivity contribution < 1.29 is 40.2 Å². The molecule has 8 nitrogen and oxygen atoms in total. The molecular weight excluding hydrogens is 380 g/mol. The topological polar surface area (TPSA) is 156 Å². The average Bonchev–Trinajstić information content (AvgIpc) is 2.68. The van der Waals surface area contributed by atoms with Crippen LogP contribution in [-0.4, -0.2) is 69.0 Å². The molecule has 0 heterocycles. The van der Waals surface area contributed by atoms with Crippen LogP contribution in [0.2, 0.25) is 0 Å². The van der Waals surface area contributed by atoms with Gasteiger partial charge < -0.3 is 30.6 Å². The third-order valence-corrected chi connectivity index (χ3v) is 3.95. The highest BCUT2D eigenvalue weighted by Gasteiger charge is 2.13. The van der Waals surface area contributed by atoms with Crippen molar-refractivity contribution in [2.45, 2.75) is 90.9 Å². The van der Waals surface area contributed by atoms with Crippen molar-refractivity contribution in [2.24, 2.45) is 5.41 Å². The lowest BCUT2D eigenvalue weighted by Crippen LogP contribution is -2.20.